The molecular weight excluding hydrogens is 214 g/mol. The fourth-order valence-corrected chi connectivity index (χ4v) is 2.56. The van der Waals surface area contributed by atoms with Gasteiger partial charge in [0.2, 0.25) is 5.91 Å². The van der Waals surface area contributed by atoms with Crippen LogP contribution in [0.5, 0.6) is 0 Å². The number of hydrogen-bond acceptors (Lipinski definition) is 3. The van der Waals surface area contributed by atoms with Crippen LogP contribution >= 0.6 is 0 Å². The lowest BCUT2D eigenvalue weighted by atomic mass is 10.0. The van der Waals surface area contributed by atoms with Crippen molar-refractivity contribution in [1.82, 2.24) is 15.5 Å². The van der Waals surface area contributed by atoms with E-state index in [4.69, 9.17) is 0 Å². The first kappa shape index (κ1) is 12.8. The molecule has 1 saturated heterocycles. The average Bonchev–Trinajstić information content (AvgIpc) is 3.20. The highest BCUT2D eigenvalue weighted by Crippen LogP contribution is 2.25. The van der Waals surface area contributed by atoms with E-state index in [1.807, 2.05) is 0 Å². The third kappa shape index (κ3) is 3.96. The minimum Gasteiger partial charge on any atom is -0.353 e. The second-order valence-electron chi connectivity index (χ2n) is 5.15. The van der Waals surface area contributed by atoms with Crippen molar-refractivity contribution in [2.45, 2.75) is 51.1 Å². The maximum atomic E-state index is 11.9. The van der Waals surface area contributed by atoms with Crippen molar-refractivity contribution in [3.63, 3.8) is 0 Å². The molecule has 1 aliphatic heterocycles. The van der Waals surface area contributed by atoms with Crippen LogP contribution in [0.1, 0.15) is 39.0 Å². The van der Waals surface area contributed by atoms with Crippen molar-refractivity contribution in [2.75, 3.05) is 26.2 Å². The van der Waals surface area contributed by atoms with E-state index in [-0.39, 0.29) is 11.9 Å². The second kappa shape index (κ2) is 6.36. The Morgan fingerprint density at radius 2 is 2.18 bits per heavy atom. The van der Waals surface area contributed by atoms with Gasteiger partial charge in [0.25, 0.3) is 0 Å². The van der Waals surface area contributed by atoms with Gasteiger partial charge in [-0.25, -0.2) is 0 Å². The Hall–Kier alpha value is -0.610. The summed E-state index contributed by atoms with van der Waals surface area (Å²) < 4.78 is 0. The first-order chi connectivity index (χ1) is 8.31. The van der Waals surface area contributed by atoms with E-state index in [9.17, 15) is 4.79 Å². The lowest BCUT2D eigenvalue weighted by Crippen LogP contribution is -2.48. The largest absolute Gasteiger partial charge is 0.353 e. The number of rotatable bonds is 6. The smallest absolute Gasteiger partial charge is 0.237 e. The van der Waals surface area contributed by atoms with Crippen molar-refractivity contribution >= 4 is 5.91 Å². The predicted molar refractivity (Wildman–Crippen MR) is 68.9 cm³/mol. The van der Waals surface area contributed by atoms with E-state index in [0.717, 1.165) is 38.6 Å². The van der Waals surface area contributed by atoms with Gasteiger partial charge in [0.1, 0.15) is 0 Å². The first-order valence-electron chi connectivity index (χ1n) is 7.06. The number of carbonyl (C=O) groups excluding carboxylic acids is 1. The SMILES string of the molecule is CCN(CCNC(=O)C1CCCCN1)C1CC1. The van der Waals surface area contributed by atoms with Gasteiger partial charge < -0.3 is 10.6 Å². The van der Waals surface area contributed by atoms with E-state index in [0.29, 0.717) is 0 Å². The summed E-state index contributed by atoms with van der Waals surface area (Å²) in [5.41, 5.74) is 0. The van der Waals surface area contributed by atoms with Crippen LogP contribution in [0.2, 0.25) is 0 Å². The lowest BCUT2D eigenvalue weighted by Gasteiger charge is -2.24. The summed E-state index contributed by atoms with van der Waals surface area (Å²) in [6, 6.07) is 0.851. The van der Waals surface area contributed by atoms with Gasteiger partial charge in [-0.3, -0.25) is 9.69 Å². The fraction of sp³-hybridized carbons (Fsp3) is 0.923. The highest BCUT2D eigenvalue weighted by Gasteiger charge is 2.27. The topological polar surface area (TPSA) is 44.4 Å². The van der Waals surface area contributed by atoms with E-state index in [2.05, 4.69) is 22.5 Å². The minimum atomic E-state index is 0.0553. The minimum absolute atomic E-state index is 0.0553. The summed E-state index contributed by atoms with van der Waals surface area (Å²) in [7, 11) is 0. The van der Waals surface area contributed by atoms with Gasteiger partial charge in [0, 0.05) is 19.1 Å². The van der Waals surface area contributed by atoms with Crippen LogP contribution in [-0.2, 0) is 4.79 Å². The Morgan fingerprint density at radius 3 is 2.76 bits per heavy atom. The van der Waals surface area contributed by atoms with Gasteiger partial charge in [0.05, 0.1) is 6.04 Å². The number of piperidine rings is 1. The molecule has 17 heavy (non-hydrogen) atoms. The molecule has 98 valence electrons. The molecular formula is C13H25N3O. The highest BCUT2D eigenvalue weighted by molar-refractivity contribution is 5.81. The summed E-state index contributed by atoms with van der Waals surface area (Å²) in [6.45, 7) is 6.08. The summed E-state index contributed by atoms with van der Waals surface area (Å²) in [5.74, 6) is 0.191. The van der Waals surface area contributed by atoms with E-state index in [1.54, 1.807) is 0 Å². The van der Waals surface area contributed by atoms with Gasteiger partial charge in [-0.2, -0.15) is 0 Å². The number of carbonyl (C=O) groups is 1. The number of amides is 1. The van der Waals surface area contributed by atoms with Crippen molar-refractivity contribution in [1.29, 1.82) is 0 Å². The molecule has 1 heterocycles. The molecule has 4 nitrogen and oxygen atoms in total. The number of nitrogens with zero attached hydrogens (tertiary/aromatic N) is 1. The van der Waals surface area contributed by atoms with Crippen LogP contribution in [0.4, 0.5) is 0 Å². The first-order valence-corrected chi connectivity index (χ1v) is 7.06. The molecule has 0 spiro atoms. The molecule has 1 aliphatic carbocycles. The summed E-state index contributed by atoms with van der Waals surface area (Å²) >= 11 is 0. The lowest BCUT2D eigenvalue weighted by molar-refractivity contribution is -0.123. The zero-order valence-electron chi connectivity index (χ0n) is 10.9. The van der Waals surface area contributed by atoms with Crippen LogP contribution in [0.3, 0.4) is 0 Å². The van der Waals surface area contributed by atoms with Crippen molar-refractivity contribution in [3.8, 4) is 0 Å². The molecule has 2 rings (SSSR count). The summed E-state index contributed by atoms with van der Waals surface area (Å²) in [4.78, 5) is 14.3. The highest BCUT2D eigenvalue weighted by atomic mass is 16.2. The number of likely N-dealkylation sites (N-methyl/N-ethyl adjacent to an activating group) is 1. The predicted octanol–water partition coefficient (Wildman–Crippen LogP) is 0.729. The number of hydrogen-bond donors (Lipinski definition) is 2. The fourth-order valence-electron chi connectivity index (χ4n) is 2.56. The Morgan fingerprint density at radius 1 is 1.35 bits per heavy atom. The van der Waals surface area contributed by atoms with Crippen molar-refractivity contribution in [3.05, 3.63) is 0 Å². The van der Waals surface area contributed by atoms with Crippen LogP contribution in [0.25, 0.3) is 0 Å². The molecule has 1 atom stereocenters. The maximum Gasteiger partial charge on any atom is 0.237 e. The molecule has 0 bridgehead atoms. The van der Waals surface area contributed by atoms with E-state index < -0.39 is 0 Å². The zero-order chi connectivity index (χ0) is 12.1. The molecule has 1 unspecified atom stereocenters. The molecule has 0 aromatic carbocycles. The van der Waals surface area contributed by atoms with Gasteiger partial charge in [-0.1, -0.05) is 13.3 Å². The zero-order valence-corrected chi connectivity index (χ0v) is 10.9. The Kier molecular flexibility index (Phi) is 4.80. The summed E-state index contributed by atoms with van der Waals surface area (Å²) in [6.07, 6.45) is 6.05. The van der Waals surface area contributed by atoms with Crippen LogP contribution in [0.15, 0.2) is 0 Å². The van der Waals surface area contributed by atoms with Crippen LogP contribution in [0, 0.1) is 0 Å². The Bertz CT molecular complexity index is 247. The Balaban J connectivity index is 1.61. The summed E-state index contributed by atoms with van der Waals surface area (Å²) in [5, 5.41) is 6.34. The molecule has 0 radical (unpaired) electrons. The third-order valence-electron chi connectivity index (χ3n) is 3.79. The second-order valence-corrected chi connectivity index (χ2v) is 5.15. The molecule has 2 N–H and O–H groups in total. The third-order valence-corrected chi connectivity index (χ3v) is 3.79. The molecule has 0 aromatic heterocycles. The van der Waals surface area contributed by atoms with Crippen LogP contribution < -0.4 is 10.6 Å². The maximum absolute atomic E-state index is 11.9. The van der Waals surface area contributed by atoms with Crippen molar-refractivity contribution in [2.24, 2.45) is 0 Å². The van der Waals surface area contributed by atoms with Gasteiger partial charge in [-0.15, -0.1) is 0 Å². The van der Waals surface area contributed by atoms with Gasteiger partial charge in [-0.05, 0) is 38.8 Å². The number of nitrogens with one attached hydrogen (secondary N) is 2. The molecule has 0 aromatic rings. The average molecular weight is 239 g/mol. The standard InChI is InChI=1S/C13H25N3O/c1-2-16(11-6-7-11)10-9-15-13(17)12-5-3-4-8-14-12/h11-12,14H,2-10H2,1H3,(H,15,17). The van der Waals surface area contributed by atoms with E-state index >= 15 is 0 Å². The van der Waals surface area contributed by atoms with Gasteiger partial charge in [0.15, 0.2) is 0 Å². The quantitative estimate of drug-likeness (QED) is 0.718. The van der Waals surface area contributed by atoms with Crippen LogP contribution in [-0.4, -0.2) is 49.1 Å². The Labute approximate surface area is 104 Å². The molecule has 1 saturated carbocycles. The monoisotopic (exact) mass is 239 g/mol. The van der Waals surface area contributed by atoms with E-state index in [1.165, 1.54) is 25.7 Å². The van der Waals surface area contributed by atoms with Gasteiger partial charge >= 0.3 is 0 Å². The molecule has 2 fully saturated rings. The molecule has 2 aliphatic rings. The normalized spacial score (nSPS) is 24.9. The molecule has 4 heteroatoms. The van der Waals surface area contributed by atoms with Crippen molar-refractivity contribution < 1.29 is 4.79 Å². The molecule has 1 amide bonds.